The lowest BCUT2D eigenvalue weighted by Gasteiger charge is -2.31. The van der Waals surface area contributed by atoms with Gasteiger partial charge in [-0.15, -0.1) is 0 Å². The number of likely N-dealkylation sites (tertiary alicyclic amines) is 1. The second-order valence-corrected chi connectivity index (χ2v) is 13.5. The molecule has 3 aromatic rings. The summed E-state index contributed by atoms with van der Waals surface area (Å²) in [5.41, 5.74) is 8.48. The molecule has 3 unspecified atom stereocenters. The minimum absolute atomic E-state index is 0.00563. The standard InChI is InChI=1S/C39H51N7O6/c1-4-30(36(49)45-32(23-26-12-7-5-8-13-26)38(51)46-21-11-16-33(46)35(40)48)44-37(50)31(22-25(2)3)43-34(47)24-27-17-19-29(20-18-27)42-39(52)41-28-14-9-6-10-15-28/h5-10,12-15,17-20,25,30-33,35,48H,4,11,16,21-24,40H2,1-3H3,(H,43,47)(H,44,50)(H,45,49)(H2,41,42,52)/t30?,31-,32-,33?,35?/m0/s1. The molecule has 52 heavy (non-hydrogen) atoms. The van der Waals surface area contributed by atoms with Gasteiger partial charge in [-0.3, -0.25) is 19.2 Å². The summed E-state index contributed by atoms with van der Waals surface area (Å²) < 4.78 is 0. The van der Waals surface area contributed by atoms with Crippen molar-refractivity contribution in [3.8, 4) is 0 Å². The number of urea groups is 1. The van der Waals surface area contributed by atoms with Crippen LogP contribution in [0, 0.1) is 5.92 Å². The van der Waals surface area contributed by atoms with Crippen molar-refractivity contribution in [2.75, 3.05) is 17.2 Å². The van der Waals surface area contributed by atoms with Gasteiger partial charge in [0.05, 0.1) is 12.5 Å². The van der Waals surface area contributed by atoms with Crippen LogP contribution in [0.4, 0.5) is 16.2 Å². The van der Waals surface area contributed by atoms with E-state index in [1.807, 2.05) is 62.4 Å². The fourth-order valence-corrected chi connectivity index (χ4v) is 6.22. The third kappa shape index (κ3) is 11.9. The quantitative estimate of drug-likeness (QED) is 0.111. The number of carbonyl (C=O) groups excluding carboxylic acids is 5. The van der Waals surface area contributed by atoms with E-state index >= 15 is 0 Å². The molecule has 3 aromatic carbocycles. The molecule has 0 saturated carbocycles. The molecule has 1 fully saturated rings. The zero-order valence-corrected chi connectivity index (χ0v) is 30.0. The molecule has 6 amide bonds. The number of carbonyl (C=O) groups is 5. The fourth-order valence-electron chi connectivity index (χ4n) is 6.22. The lowest BCUT2D eigenvalue weighted by molar-refractivity contribution is -0.139. The van der Waals surface area contributed by atoms with Crippen molar-refractivity contribution in [2.24, 2.45) is 11.7 Å². The third-order valence-corrected chi connectivity index (χ3v) is 8.88. The van der Waals surface area contributed by atoms with E-state index in [1.165, 1.54) is 4.90 Å². The zero-order valence-electron chi connectivity index (χ0n) is 30.0. The first kappa shape index (κ1) is 39.5. The summed E-state index contributed by atoms with van der Waals surface area (Å²) in [6, 6.07) is 21.4. The fraction of sp³-hybridized carbons (Fsp3) is 0.410. The highest BCUT2D eigenvalue weighted by Crippen LogP contribution is 2.21. The van der Waals surface area contributed by atoms with Crippen molar-refractivity contribution in [1.82, 2.24) is 20.9 Å². The normalized spacial score (nSPS) is 16.3. The van der Waals surface area contributed by atoms with Crippen molar-refractivity contribution >= 4 is 41.0 Å². The number of hydrogen-bond donors (Lipinski definition) is 7. The van der Waals surface area contributed by atoms with Gasteiger partial charge in [-0.05, 0) is 67.0 Å². The summed E-state index contributed by atoms with van der Waals surface area (Å²) in [6.45, 7) is 6.02. The summed E-state index contributed by atoms with van der Waals surface area (Å²) in [6.07, 6.45) is 0.820. The SMILES string of the molecule is CCC(NC(=O)[C@H](CC(C)C)NC(=O)Cc1ccc(NC(=O)Nc2ccccc2)cc1)C(=O)N[C@@H](Cc1ccccc1)C(=O)N1CCCC1C(N)O. The predicted octanol–water partition coefficient (Wildman–Crippen LogP) is 3.29. The summed E-state index contributed by atoms with van der Waals surface area (Å²) in [5, 5.41) is 24.1. The maximum atomic E-state index is 13.8. The highest BCUT2D eigenvalue weighted by Gasteiger charge is 2.37. The van der Waals surface area contributed by atoms with E-state index in [0.717, 1.165) is 5.56 Å². The van der Waals surface area contributed by atoms with Crippen LogP contribution in [-0.4, -0.2) is 76.6 Å². The number of aliphatic hydroxyl groups is 1. The molecular weight excluding hydrogens is 662 g/mol. The minimum atomic E-state index is -1.20. The molecule has 1 saturated heterocycles. The van der Waals surface area contributed by atoms with Crippen LogP contribution in [0.3, 0.4) is 0 Å². The highest BCUT2D eigenvalue weighted by molar-refractivity contribution is 5.99. The molecule has 0 aliphatic carbocycles. The van der Waals surface area contributed by atoms with Gasteiger partial charge < -0.3 is 42.3 Å². The highest BCUT2D eigenvalue weighted by atomic mass is 16.3. The molecule has 0 radical (unpaired) electrons. The van der Waals surface area contributed by atoms with Gasteiger partial charge in [0.1, 0.15) is 24.4 Å². The smallest absolute Gasteiger partial charge is 0.323 e. The van der Waals surface area contributed by atoms with Crippen LogP contribution in [-0.2, 0) is 32.0 Å². The van der Waals surface area contributed by atoms with E-state index < -0.39 is 48.2 Å². The van der Waals surface area contributed by atoms with Crippen molar-refractivity contribution in [2.45, 2.75) is 89.7 Å². The Morgan fingerprint density at radius 2 is 1.35 bits per heavy atom. The molecule has 0 spiro atoms. The Balaban J connectivity index is 1.37. The molecule has 0 bridgehead atoms. The second kappa shape index (κ2) is 19.4. The number of anilines is 2. The van der Waals surface area contributed by atoms with Crippen molar-refractivity contribution < 1.29 is 29.1 Å². The number of nitrogens with one attached hydrogen (secondary N) is 5. The minimum Gasteiger partial charge on any atom is -0.377 e. The molecule has 1 aliphatic heterocycles. The number of nitrogens with zero attached hydrogens (tertiary/aromatic N) is 1. The van der Waals surface area contributed by atoms with Crippen LogP contribution < -0.4 is 32.3 Å². The molecule has 4 rings (SSSR count). The number of rotatable bonds is 16. The van der Waals surface area contributed by atoms with Crippen LogP contribution >= 0.6 is 0 Å². The molecule has 13 heteroatoms. The van der Waals surface area contributed by atoms with Gasteiger partial charge in [-0.25, -0.2) is 4.79 Å². The van der Waals surface area contributed by atoms with Crippen molar-refractivity contribution in [3.05, 3.63) is 96.1 Å². The number of aliphatic hydroxyl groups excluding tert-OH is 1. The molecule has 278 valence electrons. The lowest BCUT2D eigenvalue weighted by Crippen LogP contribution is -2.58. The number of amides is 6. The molecule has 1 heterocycles. The predicted molar refractivity (Wildman–Crippen MR) is 200 cm³/mol. The first-order valence-corrected chi connectivity index (χ1v) is 17.8. The average Bonchev–Trinajstić information content (AvgIpc) is 3.62. The van der Waals surface area contributed by atoms with Gasteiger partial charge in [0.15, 0.2) is 0 Å². The van der Waals surface area contributed by atoms with E-state index in [0.29, 0.717) is 42.7 Å². The van der Waals surface area contributed by atoms with Crippen LogP contribution in [0.25, 0.3) is 0 Å². The van der Waals surface area contributed by atoms with Gasteiger partial charge >= 0.3 is 6.03 Å². The Labute approximate surface area is 305 Å². The summed E-state index contributed by atoms with van der Waals surface area (Å²) in [7, 11) is 0. The molecule has 5 atom stereocenters. The molecule has 13 nitrogen and oxygen atoms in total. The van der Waals surface area contributed by atoms with Gasteiger partial charge in [0.25, 0.3) is 0 Å². The Morgan fingerprint density at radius 3 is 1.94 bits per heavy atom. The van der Waals surface area contributed by atoms with Gasteiger partial charge in [-0.2, -0.15) is 0 Å². The van der Waals surface area contributed by atoms with Crippen LogP contribution in [0.1, 0.15) is 57.6 Å². The van der Waals surface area contributed by atoms with Gasteiger partial charge in [0, 0.05) is 24.3 Å². The lowest BCUT2D eigenvalue weighted by atomic mass is 10.0. The van der Waals surface area contributed by atoms with Crippen LogP contribution in [0.2, 0.25) is 0 Å². The van der Waals surface area contributed by atoms with E-state index in [2.05, 4.69) is 26.6 Å². The van der Waals surface area contributed by atoms with E-state index in [1.54, 1.807) is 43.3 Å². The molecule has 0 aromatic heterocycles. The first-order chi connectivity index (χ1) is 24.9. The number of nitrogens with two attached hydrogens (primary N) is 1. The second-order valence-electron chi connectivity index (χ2n) is 13.5. The summed E-state index contributed by atoms with van der Waals surface area (Å²) >= 11 is 0. The molecular formula is C39H51N7O6. The maximum absolute atomic E-state index is 13.8. The topological polar surface area (TPSA) is 195 Å². The first-order valence-electron chi connectivity index (χ1n) is 17.8. The van der Waals surface area contributed by atoms with Crippen LogP contribution in [0.5, 0.6) is 0 Å². The Kier molecular flexibility index (Phi) is 14.7. The summed E-state index contributed by atoms with van der Waals surface area (Å²) in [5.74, 6) is -1.72. The van der Waals surface area contributed by atoms with Crippen molar-refractivity contribution in [1.29, 1.82) is 0 Å². The maximum Gasteiger partial charge on any atom is 0.323 e. The Hall–Kier alpha value is -5.27. The average molecular weight is 714 g/mol. The zero-order chi connectivity index (χ0) is 37.6. The van der Waals surface area contributed by atoms with Gasteiger partial charge in [0.2, 0.25) is 23.6 Å². The largest absolute Gasteiger partial charge is 0.377 e. The Morgan fingerprint density at radius 1 is 0.769 bits per heavy atom. The van der Waals surface area contributed by atoms with Crippen LogP contribution in [0.15, 0.2) is 84.9 Å². The molecule has 8 N–H and O–H groups in total. The monoisotopic (exact) mass is 713 g/mol. The molecule has 1 aliphatic rings. The van der Waals surface area contributed by atoms with E-state index in [9.17, 15) is 29.1 Å². The number of benzene rings is 3. The third-order valence-electron chi connectivity index (χ3n) is 8.88. The Bertz CT molecular complexity index is 1640. The van der Waals surface area contributed by atoms with Gasteiger partial charge in [-0.1, -0.05) is 81.4 Å². The number of para-hydroxylation sites is 1. The van der Waals surface area contributed by atoms with E-state index in [4.69, 9.17) is 5.73 Å². The number of hydrogen-bond acceptors (Lipinski definition) is 7. The van der Waals surface area contributed by atoms with Crippen molar-refractivity contribution in [3.63, 3.8) is 0 Å². The summed E-state index contributed by atoms with van der Waals surface area (Å²) in [4.78, 5) is 68.0. The van der Waals surface area contributed by atoms with E-state index in [-0.39, 0.29) is 37.0 Å².